The highest BCUT2D eigenvalue weighted by Gasteiger charge is 2.48. The van der Waals surface area contributed by atoms with Gasteiger partial charge in [0.05, 0.1) is 6.61 Å². The highest BCUT2D eigenvalue weighted by molar-refractivity contribution is 6.34. The van der Waals surface area contributed by atoms with Gasteiger partial charge in [0.25, 0.3) is 5.92 Å². The Hall–Kier alpha value is -1.73. The predicted molar refractivity (Wildman–Crippen MR) is 62.6 cm³/mol. The van der Waals surface area contributed by atoms with E-state index < -0.39 is 36.1 Å². The monoisotopic (exact) mass is 277 g/mol. The average Bonchev–Trinajstić information content (AvgIpc) is 2.72. The molecule has 0 aromatic heterocycles. The molecule has 1 unspecified atom stereocenters. The Balaban J connectivity index is 2.76. The average molecular weight is 277 g/mol. The van der Waals surface area contributed by atoms with E-state index in [1.54, 1.807) is 6.92 Å². The molecular formula is C11H17F2N3O3. The molecule has 1 rings (SSSR count). The lowest BCUT2D eigenvalue weighted by Gasteiger charge is -2.31. The highest BCUT2D eigenvalue weighted by atomic mass is 19.3. The molecular weight excluding hydrogens is 260 g/mol. The topological polar surface area (TPSA) is 82.5 Å². The number of alkyl halides is 2. The summed E-state index contributed by atoms with van der Waals surface area (Å²) in [6, 6.07) is -1.35. The van der Waals surface area contributed by atoms with E-state index in [-0.39, 0.29) is 19.4 Å². The van der Waals surface area contributed by atoms with Crippen LogP contribution in [0.2, 0.25) is 0 Å². The van der Waals surface area contributed by atoms with Gasteiger partial charge in [0, 0.05) is 12.8 Å². The van der Waals surface area contributed by atoms with Gasteiger partial charge in [-0.2, -0.15) is 0 Å². The molecule has 19 heavy (non-hydrogen) atoms. The zero-order chi connectivity index (χ0) is 14.6. The van der Waals surface area contributed by atoms with Gasteiger partial charge in [-0.25, -0.2) is 18.6 Å². The minimum atomic E-state index is -3.06. The van der Waals surface area contributed by atoms with Crippen LogP contribution in [-0.4, -0.2) is 41.3 Å². The van der Waals surface area contributed by atoms with Gasteiger partial charge < -0.3 is 4.74 Å². The second kappa shape index (κ2) is 5.94. The smallest absolute Gasteiger partial charge is 0.375 e. The standard InChI is InChI=1S/C11H17F2N3O3/c1-3-11(12,13)7-5-6-8(17)16(7)15-9(14)10(18)19-4-2/h7H,3-6H2,1-2H3,(H2,14,15). The van der Waals surface area contributed by atoms with E-state index in [0.29, 0.717) is 5.01 Å². The minimum absolute atomic E-state index is 0.0111. The lowest BCUT2D eigenvalue weighted by atomic mass is 10.1. The van der Waals surface area contributed by atoms with Crippen LogP contribution in [0, 0.1) is 5.41 Å². The third-order valence-corrected chi connectivity index (χ3v) is 2.88. The van der Waals surface area contributed by atoms with E-state index in [9.17, 15) is 18.4 Å². The summed E-state index contributed by atoms with van der Waals surface area (Å²) >= 11 is 0. The Morgan fingerprint density at radius 1 is 1.58 bits per heavy atom. The molecule has 0 radical (unpaired) electrons. The zero-order valence-corrected chi connectivity index (χ0v) is 10.8. The van der Waals surface area contributed by atoms with Crippen molar-refractivity contribution in [2.75, 3.05) is 6.61 Å². The molecule has 0 aromatic rings. The molecule has 108 valence electrons. The minimum Gasteiger partial charge on any atom is -0.460 e. The molecule has 0 bridgehead atoms. The van der Waals surface area contributed by atoms with Gasteiger partial charge in [0.15, 0.2) is 0 Å². The number of ether oxygens (including phenoxy) is 1. The number of nitrogens with zero attached hydrogens (tertiary/aromatic N) is 1. The van der Waals surface area contributed by atoms with Crippen LogP contribution in [0.25, 0.3) is 0 Å². The molecule has 1 saturated heterocycles. The number of halogens is 2. The number of nitrogens with one attached hydrogen (secondary N) is 2. The Morgan fingerprint density at radius 3 is 2.74 bits per heavy atom. The van der Waals surface area contributed by atoms with Crippen molar-refractivity contribution in [3.63, 3.8) is 0 Å². The maximum atomic E-state index is 13.7. The summed E-state index contributed by atoms with van der Waals surface area (Å²) in [5.41, 5.74) is 2.12. The van der Waals surface area contributed by atoms with Gasteiger partial charge in [-0.05, 0) is 13.3 Å². The highest BCUT2D eigenvalue weighted by Crippen LogP contribution is 2.33. The lowest BCUT2D eigenvalue weighted by molar-refractivity contribution is -0.141. The van der Waals surface area contributed by atoms with Crippen LogP contribution in [0.1, 0.15) is 33.1 Å². The summed E-state index contributed by atoms with van der Waals surface area (Å²) in [5.74, 6) is -5.34. The third kappa shape index (κ3) is 3.39. The quantitative estimate of drug-likeness (QED) is 0.457. The molecule has 0 aromatic carbocycles. The first-order chi connectivity index (χ1) is 8.83. The number of esters is 1. The molecule has 2 N–H and O–H groups in total. The van der Waals surface area contributed by atoms with Crippen LogP contribution in [0.3, 0.4) is 0 Å². The summed E-state index contributed by atoms with van der Waals surface area (Å²) in [6.45, 7) is 2.93. The van der Waals surface area contributed by atoms with Crippen molar-refractivity contribution in [1.82, 2.24) is 10.4 Å². The molecule has 1 fully saturated rings. The van der Waals surface area contributed by atoms with Crippen LogP contribution >= 0.6 is 0 Å². The number of carbonyl (C=O) groups is 2. The fourth-order valence-corrected chi connectivity index (χ4v) is 1.83. The fourth-order valence-electron chi connectivity index (χ4n) is 1.83. The molecule has 1 heterocycles. The van der Waals surface area contributed by atoms with Crippen LogP contribution in [0.4, 0.5) is 8.78 Å². The maximum absolute atomic E-state index is 13.7. The Morgan fingerprint density at radius 2 is 2.21 bits per heavy atom. The first kappa shape index (κ1) is 15.3. The van der Waals surface area contributed by atoms with Crippen LogP contribution in [-0.2, 0) is 14.3 Å². The van der Waals surface area contributed by atoms with Crippen molar-refractivity contribution in [1.29, 1.82) is 5.41 Å². The van der Waals surface area contributed by atoms with E-state index in [2.05, 4.69) is 10.2 Å². The second-order valence-corrected chi connectivity index (χ2v) is 4.14. The number of amidine groups is 1. The molecule has 1 atom stereocenters. The maximum Gasteiger partial charge on any atom is 0.375 e. The number of carbonyl (C=O) groups excluding carboxylic acids is 2. The van der Waals surface area contributed by atoms with E-state index in [1.165, 1.54) is 6.92 Å². The van der Waals surface area contributed by atoms with Gasteiger partial charge in [0.2, 0.25) is 11.7 Å². The van der Waals surface area contributed by atoms with Gasteiger partial charge in [-0.1, -0.05) is 6.92 Å². The number of hydrogen-bond donors (Lipinski definition) is 2. The number of hydrogen-bond acceptors (Lipinski definition) is 4. The normalized spacial score (nSPS) is 19.5. The molecule has 0 spiro atoms. The molecule has 6 nitrogen and oxygen atoms in total. The van der Waals surface area contributed by atoms with Gasteiger partial charge in [-0.15, -0.1) is 0 Å². The Bertz CT molecular complexity index is 387. The lowest BCUT2D eigenvalue weighted by Crippen LogP contribution is -2.55. The Kier molecular flexibility index (Phi) is 4.79. The van der Waals surface area contributed by atoms with Crippen LogP contribution < -0.4 is 5.43 Å². The molecule has 0 saturated carbocycles. The first-order valence-corrected chi connectivity index (χ1v) is 6.05. The van der Waals surface area contributed by atoms with Crippen molar-refractivity contribution in [3.05, 3.63) is 0 Å². The fraction of sp³-hybridized carbons (Fsp3) is 0.727. The summed E-state index contributed by atoms with van der Waals surface area (Å²) in [7, 11) is 0. The summed E-state index contributed by atoms with van der Waals surface area (Å²) in [6.07, 6.45) is -0.470. The van der Waals surface area contributed by atoms with E-state index in [1.807, 2.05) is 0 Å². The molecule has 1 aliphatic heterocycles. The molecule has 1 amide bonds. The van der Waals surface area contributed by atoms with Crippen molar-refractivity contribution < 1.29 is 23.1 Å². The van der Waals surface area contributed by atoms with Crippen LogP contribution in [0.15, 0.2) is 0 Å². The number of amides is 1. The third-order valence-electron chi connectivity index (χ3n) is 2.88. The second-order valence-electron chi connectivity index (χ2n) is 4.14. The summed E-state index contributed by atoms with van der Waals surface area (Å²) in [5, 5.41) is 8.05. The van der Waals surface area contributed by atoms with Crippen LogP contribution in [0.5, 0.6) is 0 Å². The summed E-state index contributed by atoms with van der Waals surface area (Å²) in [4.78, 5) is 22.8. The Labute approximate surface area is 109 Å². The molecule has 8 heteroatoms. The predicted octanol–water partition coefficient (Wildman–Crippen LogP) is 1.07. The van der Waals surface area contributed by atoms with Gasteiger partial charge in [0.1, 0.15) is 6.04 Å². The van der Waals surface area contributed by atoms with Crippen molar-refractivity contribution >= 4 is 17.7 Å². The number of rotatable bonds is 4. The summed E-state index contributed by atoms with van der Waals surface area (Å²) < 4.78 is 31.9. The van der Waals surface area contributed by atoms with Crippen molar-refractivity contribution in [2.24, 2.45) is 0 Å². The molecule has 0 aliphatic carbocycles. The van der Waals surface area contributed by atoms with Crippen molar-refractivity contribution in [2.45, 2.75) is 45.1 Å². The SMILES string of the molecule is CCOC(=O)C(=N)NN1C(=O)CCC1C(F)(F)CC. The number of hydrazine groups is 1. The largest absolute Gasteiger partial charge is 0.460 e. The van der Waals surface area contributed by atoms with Crippen molar-refractivity contribution in [3.8, 4) is 0 Å². The molecule has 1 aliphatic rings. The first-order valence-electron chi connectivity index (χ1n) is 6.05. The van der Waals surface area contributed by atoms with E-state index in [0.717, 1.165) is 0 Å². The van der Waals surface area contributed by atoms with E-state index >= 15 is 0 Å². The zero-order valence-electron chi connectivity index (χ0n) is 10.8. The van der Waals surface area contributed by atoms with E-state index in [4.69, 9.17) is 5.41 Å². The van der Waals surface area contributed by atoms with Gasteiger partial charge >= 0.3 is 5.97 Å². The van der Waals surface area contributed by atoms with Gasteiger partial charge in [-0.3, -0.25) is 15.6 Å².